The summed E-state index contributed by atoms with van der Waals surface area (Å²) in [5.74, 6) is -0.809. The van der Waals surface area contributed by atoms with E-state index in [4.69, 9.17) is 4.74 Å². The van der Waals surface area contributed by atoms with Crippen LogP contribution in [0.5, 0.6) is 0 Å². The molecule has 0 aliphatic heterocycles. The summed E-state index contributed by atoms with van der Waals surface area (Å²) in [6.45, 7) is 1.56. The summed E-state index contributed by atoms with van der Waals surface area (Å²) >= 11 is 3.22. The number of rotatable bonds is 4. The molecule has 1 aromatic rings. The Morgan fingerprint density at radius 2 is 2.22 bits per heavy atom. The first-order valence-electron chi connectivity index (χ1n) is 5.68. The molecule has 1 unspecified atom stereocenters. The molecule has 0 spiro atoms. The Balaban J connectivity index is 1.91. The van der Waals surface area contributed by atoms with Crippen LogP contribution in [0.2, 0.25) is 0 Å². The smallest absolute Gasteiger partial charge is 0.340 e. The van der Waals surface area contributed by atoms with Crippen LogP contribution in [0.25, 0.3) is 0 Å². The minimum atomic E-state index is -0.794. The van der Waals surface area contributed by atoms with Crippen molar-refractivity contribution in [1.82, 2.24) is 10.3 Å². The molecule has 1 aliphatic rings. The number of ether oxygens (including phenoxy) is 1. The molecule has 1 saturated carbocycles. The van der Waals surface area contributed by atoms with Gasteiger partial charge in [0.1, 0.15) is 0 Å². The van der Waals surface area contributed by atoms with Crippen LogP contribution in [0, 0.1) is 0 Å². The molecule has 96 valence electrons. The van der Waals surface area contributed by atoms with Gasteiger partial charge in [-0.15, -0.1) is 0 Å². The molecule has 1 amide bonds. The average Bonchev–Trinajstić information content (AvgIpc) is 3.12. The lowest BCUT2D eigenvalue weighted by Gasteiger charge is -2.13. The Kier molecular flexibility index (Phi) is 3.96. The maximum absolute atomic E-state index is 11.8. The molecule has 0 saturated heterocycles. The normalized spacial score (nSPS) is 15.9. The van der Waals surface area contributed by atoms with Crippen molar-refractivity contribution in [3.8, 4) is 0 Å². The van der Waals surface area contributed by atoms with Crippen molar-refractivity contribution in [2.75, 3.05) is 0 Å². The number of esters is 1. The highest BCUT2D eigenvalue weighted by Crippen LogP contribution is 2.19. The number of nitrogens with zero attached hydrogens (tertiary/aromatic N) is 1. The molecule has 2 rings (SSSR count). The molecule has 6 heteroatoms. The van der Waals surface area contributed by atoms with E-state index in [1.54, 1.807) is 19.2 Å². The fourth-order valence-corrected chi connectivity index (χ4v) is 1.72. The van der Waals surface area contributed by atoms with Gasteiger partial charge in [-0.25, -0.2) is 4.79 Å². The number of hydrogen-bond donors (Lipinski definition) is 1. The molecular weight excluding hydrogens is 300 g/mol. The van der Waals surface area contributed by atoms with Crippen molar-refractivity contribution in [1.29, 1.82) is 0 Å². The van der Waals surface area contributed by atoms with Crippen LogP contribution in [0.1, 0.15) is 30.1 Å². The second kappa shape index (κ2) is 5.48. The second-order valence-electron chi connectivity index (χ2n) is 4.22. The van der Waals surface area contributed by atoms with Gasteiger partial charge in [-0.1, -0.05) is 0 Å². The lowest BCUT2D eigenvalue weighted by Crippen LogP contribution is -2.37. The Bertz CT molecular complexity index is 474. The van der Waals surface area contributed by atoms with Crippen molar-refractivity contribution in [2.45, 2.75) is 31.9 Å². The van der Waals surface area contributed by atoms with Crippen LogP contribution in [0.3, 0.4) is 0 Å². The summed E-state index contributed by atoms with van der Waals surface area (Å²) in [7, 11) is 0. The van der Waals surface area contributed by atoms with Gasteiger partial charge in [0.05, 0.1) is 5.56 Å². The first-order valence-corrected chi connectivity index (χ1v) is 6.47. The first kappa shape index (κ1) is 13.0. The van der Waals surface area contributed by atoms with E-state index >= 15 is 0 Å². The molecule has 0 aromatic carbocycles. The summed E-state index contributed by atoms with van der Waals surface area (Å²) in [6.07, 6.45) is 4.18. The van der Waals surface area contributed by atoms with E-state index in [9.17, 15) is 9.59 Å². The summed E-state index contributed by atoms with van der Waals surface area (Å²) < 4.78 is 5.76. The second-order valence-corrected chi connectivity index (χ2v) is 5.14. The van der Waals surface area contributed by atoms with Gasteiger partial charge in [-0.2, -0.15) is 0 Å². The van der Waals surface area contributed by atoms with Crippen LogP contribution in [-0.4, -0.2) is 29.0 Å². The van der Waals surface area contributed by atoms with Crippen molar-refractivity contribution in [3.63, 3.8) is 0 Å². The number of nitrogens with one attached hydrogen (secondary N) is 1. The number of pyridine rings is 1. The van der Waals surface area contributed by atoms with Crippen molar-refractivity contribution in [3.05, 3.63) is 28.5 Å². The molecule has 0 bridgehead atoms. The van der Waals surface area contributed by atoms with Gasteiger partial charge in [0.15, 0.2) is 6.10 Å². The topological polar surface area (TPSA) is 68.3 Å². The van der Waals surface area contributed by atoms with E-state index in [2.05, 4.69) is 26.2 Å². The van der Waals surface area contributed by atoms with Crippen LogP contribution in [0.4, 0.5) is 0 Å². The predicted molar refractivity (Wildman–Crippen MR) is 68.0 cm³/mol. The van der Waals surface area contributed by atoms with Gasteiger partial charge < -0.3 is 10.1 Å². The van der Waals surface area contributed by atoms with Crippen molar-refractivity contribution < 1.29 is 14.3 Å². The predicted octanol–water partition coefficient (Wildman–Crippen LogP) is 1.67. The average molecular weight is 313 g/mol. The fourth-order valence-electron chi connectivity index (χ4n) is 1.35. The summed E-state index contributed by atoms with van der Waals surface area (Å²) in [4.78, 5) is 27.2. The minimum Gasteiger partial charge on any atom is -0.449 e. The van der Waals surface area contributed by atoms with Gasteiger partial charge in [0.2, 0.25) is 0 Å². The summed E-state index contributed by atoms with van der Waals surface area (Å²) in [5, 5.41) is 2.78. The molecule has 1 N–H and O–H groups in total. The highest BCUT2D eigenvalue weighted by molar-refractivity contribution is 9.10. The van der Waals surface area contributed by atoms with Gasteiger partial charge in [0.25, 0.3) is 5.91 Å². The van der Waals surface area contributed by atoms with E-state index in [1.807, 2.05) is 0 Å². The lowest BCUT2D eigenvalue weighted by atomic mass is 10.3. The zero-order chi connectivity index (χ0) is 13.1. The maximum Gasteiger partial charge on any atom is 0.340 e. The first-order chi connectivity index (χ1) is 8.56. The van der Waals surface area contributed by atoms with Crippen molar-refractivity contribution >= 4 is 27.8 Å². The quantitative estimate of drug-likeness (QED) is 0.859. The Hall–Kier alpha value is -1.43. The highest BCUT2D eigenvalue weighted by Gasteiger charge is 2.27. The Morgan fingerprint density at radius 3 is 2.83 bits per heavy atom. The largest absolute Gasteiger partial charge is 0.449 e. The summed E-state index contributed by atoms with van der Waals surface area (Å²) in [6, 6.07) is 1.85. The molecule has 1 aromatic heterocycles. The monoisotopic (exact) mass is 312 g/mol. The van der Waals surface area contributed by atoms with E-state index in [1.165, 1.54) is 6.20 Å². The number of carbonyl (C=O) groups excluding carboxylic acids is 2. The Labute approximate surface area is 113 Å². The van der Waals surface area contributed by atoms with Crippen LogP contribution in [0.15, 0.2) is 22.9 Å². The van der Waals surface area contributed by atoms with E-state index in [0.717, 1.165) is 12.8 Å². The highest BCUT2D eigenvalue weighted by atomic mass is 79.9. The van der Waals surface area contributed by atoms with Crippen molar-refractivity contribution in [2.24, 2.45) is 0 Å². The molecule has 18 heavy (non-hydrogen) atoms. The third-order valence-corrected chi connectivity index (χ3v) is 2.95. The third-order valence-electron chi connectivity index (χ3n) is 2.52. The van der Waals surface area contributed by atoms with Gasteiger partial charge in [0, 0.05) is 22.9 Å². The number of halogens is 1. The van der Waals surface area contributed by atoms with E-state index in [0.29, 0.717) is 10.0 Å². The maximum atomic E-state index is 11.8. The van der Waals surface area contributed by atoms with Crippen LogP contribution < -0.4 is 5.32 Å². The van der Waals surface area contributed by atoms with Gasteiger partial charge >= 0.3 is 5.97 Å². The fraction of sp³-hybridized carbons (Fsp3) is 0.417. The van der Waals surface area contributed by atoms with Gasteiger partial charge in [-0.05, 0) is 41.8 Å². The molecule has 0 radical (unpaired) electrons. The molecule has 1 atom stereocenters. The van der Waals surface area contributed by atoms with Crippen LogP contribution in [-0.2, 0) is 9.53 Å². The van der Waals surface area contributed by atoms with Crippen LogP contribution >= 0.6 is 15.9 Å². The zero-order valence-electron chi connectivity index (χ0n) is 9.85. The van der Waals surface area contributed by atoms with E-state index < -0.39 is 12.1 Å². The molecule has 1 fully saturated rings. The Morgan fingerprint density at radius 1 is 1.50 bits per heavy atom. The molecule has 1 heterocycles. The number of aromatic nitrogens is 1. The number of amides is 1. The molecule has 1 aliphatic carbocycles. The number of carbonyl (C=O) groups is 2. The summed E-state index contributed by atoms with van der Waals surface area (Å²) in [5.41, 5.74) is 0.315. The zero-order valence-corrected chi connectivity index (χ0v) is 11.4. The molecule has 5 nitrogen and oxygen atoms in total. The van der Waals surface area contributed by atoms with E-state index in [-0.39, 0.29) is 11.9 Å². The lowest BCUT2D eigenvalue weighted by molar-refractivity contribution is -0.129. The molecular formula is C12H13BrN2O3. The standard InChI is InChI=1S/C12H13BrN2O3/c1-7(11(16)15-10-2-3-10)18-12(17)8-4-9(13)6-14-5-8/h4-7,10H,2-3H2,1H3,(H,15,16). The third kappa shape index (κ3) is 3.53. The van der Waals surface area contributed by atoms with Gasteiger partial charge in [-0.3, -0.25) is 9.78 Å². The SMILES string of the molecule is CC(OC(=O)c1cncc(Br)c1)C(=O)NC1CC1. The number of hydrogen-bond acceptors (Lipinski definition) is 4. The minimum absolute atomic E-state index is 0.256.